The van der Waals surface area contributed by atoms with Gasteiger partial charge in [-0.15, -0.1) is 0 Å². The second kappa shape index (κ2) is 10.7. The van der Waals surface area contributed by atoms with Gasteiger partial charge in [0.05, 0.1) is 23.1 Å². The second-order valence-corrected chi connectivity index (χ2v) is 11.0. The monoisotopic (exact) mass is 544 g/mol. The van der Waals surface area contributed by atoms with E-state index in [-0.39, 0.29) is 6.04 Å². The standard InChI is InChI=1S/C29H21F6NOP/c30-28(31,32)20-9-13-23(14-10-20)38(24-15-11-21(12-16-24)29(33,34)35)26-8-4-7-25(26)27-36-22(18-37-27)17-19-5-2-1-3-6-19/h1-16,22H,17-18H2/t22-/m0/s1. The van der Waals surface area contributed by atoms with Crippen LogP contribution in [-0.2, 0) is 23.5 Å². The Morgan fingerprint density at radius 2 is 1.29 bits per heavy atom. The summed E-state index contributed by atoms with van der Waals surface area (Å²) in [6.07, 6.45) is -2.87. The van der Waals surface area contributed by atoms with Gasteiger partial charge in [-0.2, -0.15) is 26.3 Å². The molecule has 0 unspecified atom stereocenters. The van der Waals surface area contributed by atoms with Gasteiger partial charge in [0.2, 0.25) is 0 Å². The molecule has 0 bridgehead atoms. The summed E-state index contributed by atoms with van der Waals surface area (Å²) in [6, 6.07) is 19.3. The van der Waals surface area contributed by atoms with Crippen molar-refractivity contribution in [2.45, 2.75) is 24.8 Å². The van der Waals surface area contributed by atoms with Crippen LogP contribution >= 0.6 is 7.92 Å². The fourth-order valence-corrected chi connectivity index (χ4v) is 6.76. The lowest BCUT2D eigenvalue weighted by molar-refractivity contribution is -0.138. The normalized spacial score (nSPS) is 19.1. The van der Waals surface area contributed by atoms with Crippen LogP contribution in [0.2, 0.25) is 0 Å². The molecule has 0 aromatic heterocycles. The molecule has 195 valence electrons. The molecule has 1 aliphatic heterocycles. The minimum atomic E-state index is -4.50. The Morgan fingerprint density at radius 1 is 0.737 bits per heavy atom. The van der Waals surface area contributed by atoms with Gasteiger partial charge in [0.1, 0.15) is 6.61 Å². The van der Waals surface area contributed by atoms with Crippen LogP contribution in [0.15, 0.2) is 83.9 Å². The van der Waals surface area contributed by atoms with Crippen molar-refractivity contribution in [3.05, 3.63) is 126 Å². The van der Waals surface area contributed by atoms with Crippen LogP contribution in [0.3, 0.4) is 0 Å². The van der Waals surface area contributed by atoms with Gasteiger partial charge in [-0.3, -0.25) is 0 Å². The van der Waals surface area contributed by atoms with E-state index in [1.807, 2.05) is 43.2 Å². The quantitative estimate of drug-likeness (QED) is 0.244. The smallest absolute Gasteiger partial charge is 0.416 e. The summed E-state index contributed by atoms with van der Waals surface area (Å²) in [4.78, 5) is 4.76. The van der Waals surface area contributed by atoms with Crippen molar-refractivity contribution in [1.82, 2.24) is 0 Å². The van der Waals surface area contributed by atoms with Crippen molar-refractivity contribution in [2.24, 2.45) is 4.99 Å². The molecule has 1 heterocycles. The minimum absolute atomic E-state index is 0.0986. The zero-order valence-corrected chi connectivity index (χ0v) is 20.7. The Morgan fingerprint density at radius 3 is 1.82 bits per heavy atom. The van der Waals surface area contributed by atoms with E-state index in [1.165, 1.54) is 24.3 Å². The number of benzene rings is 3. The number of ether oxygens (including phenoxy) is 1. The van der Waals surface area contributed by atoms with E-state index in [4.69, 9.17) is 9.73 Å². The highest BCUT2D eigenvalue weighted by molar-refractivity contribution is 7.76. The molecule has 0 N–H and O–H groups in total. The molecule has 3 aromatic rings. The Labute approximate surface area is 218 Å². The van der Waals surface area contributed by atoms with Crippen molar-refractivity contribution < 1.29 is 31.1 Å². The molecule has 0 spiro atoms. The Bertz CT molecular complexity index is 1200. The van der Waals surface area contributed by atoms with Gasteiger partial charge in [-0.1, -0.05) is 54.6 Å². The first-order valence-electron chi connectivity index (χ1n) is 11.7. The third kappa shape index (κ3) is 5.90. The van der Waals surface area contributed by atoms with Crippen LogP contribution < -0.4 is 10.6 Å². The van der Waals surface area contributed by atoms with Crippen LogP contribution in [-0.4, -0.2) is 18.5 Å². The Balaban J connectivity index is 1.46. The maximum Gasteiger partial charge on any atom is 0.416 e. The van der Waals surface area contributed by atoms with Gasteiger partial charge in [0.25, 0.3) is 0 Å². The first-order valence-corrected chi connectivity index (χ1v) is 13.1. The van der Waals surface area contributed by atoms with Crippen molar-refractivity contribution in [3.8, 4) is 0 Å². The predicted molar refractivity (Wildman–Crippen MR) is 136 cm³/mol. The molecule has 0 amide bonds. The maximum atomic E-state index is 13.2. The lowest BCUT2D eigenvalue weighted by atomic mass is 10.1. The van der Waals surface area contributed by atoms with Gasteiger partial charge < -0.3 is 4.74 Å². The predicted octanol–water partition coefficient (Wildman–Crippen LogP) is 6.93. The fourth-order valence-electron chi connectivity index (χ4n) is 4.37. The largest absolute Gasteiger partial charge is 0.478 e. The highest BCUT2D eigenvalue weighted by atomic mass is 31.1. The van der Waals surface area contributed by atoms with Gasteiger partial charge in [0.15, 0.2) is 5.90 Å². The minimum Gasteiger partial charge on any atom is -0.478 e. The molecular weight excluding hydrogens is 523 g/mol. The van der Waals surface area contributed by atoms with Crippen molar-refractivity contribution >= 4 is 24.4 Å². The van der Waals surface area contributed by atoms with Crippen molar-refractivity contribution in [3.63, 3.8) is 0 Å². The lowest BCUT2D eigenvalue weighted by Gasteiger charge is -2.29. The number of alkyl halides is 6. The van der Waals surface area contributed by atoms with E-state index in [0.717, 1.165) is 35.5 Å². The van der Waals surface area contributed by atoms with Crippen LogP contribution in [0.5, 0.6) is 0 Å². The van der Waals surface area contributed by atoms with Gasteiger partial charge in [-0.05, 0) is 74.0 Å². The van der Waals surface area contributed by atoms with Crippen LogP contribution in [0.25, 0.3) is 0 Å². The number of nitrogens with zero attached hydrogens (tertiary/aromatic N) is 1. The van der Waals surface area contributed by atoms with E-state index in [1.54, 1.807) is 6.42 Å². The van der Waals surface area contributed by atoms with E-state index >= 15 is 0 Å². The SMILES string of the molecule is FC(F)(F)c1ccc(P([C]2[CH][CH][CH][C]2C2=N[C@@H](Cc3ccccc3)CO2)c2ccc(C(F)(F)F)cc2)cc1. The molecule has 1 saturated carbocycles. The van der Waals surface area contributed by atoms with E-state index in [2.05, 4.69) is 0 Å². The van der Waals surface area contributed by atoms with Crippen molar-refractivity contribution in [1.29, 1.82) is 0 Å². The fraction of sp³-hybridized carbons (Fsp3) is 0.172. The Hall–Kier alpha value is -2.86. The average Bonchev–Trinajstić information content (AvgIpc) is 3.54. The molecule has 3 aromatic carbocycles. The van der Waals surface area contributed by atoms with Gasteiger partial charge in [-0.25, -0.2) is 4.99 Å². The molecular formula is C29H21F6NOP. The number of hydrogen-bond donors (Lipinski definition) is 0. The third-order valence-electron chi connectivity index (χ3n) is 6.20. The summed E-state index contributed by atoms with van der Waals surface area (Å²) >= 11 is 0. The van der Waals surface area contributed by atoms with Gasteiger partial charge in [0, 0.05) is 5.66 Å². The van der Waals surface area contributed by atoms with E-state index in [9.17, 15) is 26.3 Å². The lowest BCUT2D eigenvalue weighted by Crippen LogP contribution is -2.24. The molecule has 0 saturated heterocycles. The van der Waals surface area contributed by atoms with Crippen molar-refractivity contribution in [2.75, 3.05) is 6.61 Å². The number of halogens is 6. The second-order valence-electron chi connectivity index (χ2n) is 8.84. The highest BCUT2D eigenvalue weighted by Crippen LogP contribution is 2.57. The molecule has 2 nitrogen and oxygen atoms in total. The number of rotatable bonds is 6. The first-order chi connectivity index (χ1) is 18.1. The van der Waals surface area contributed by atoms with Crippen LogP contribution in [0, 0.1) is 30.8 Å². The summed E-state index contributed by atoms with van der Waals surface area (Å²) in [5, 5.41) is 1.14. The average molecular weight is 544 g/mol. The molecule has 2 aliphatic rings. The molecule has 9 heteroatoms. The summed E-state index contributed by atoms with van der Waals surface area (Å²) in [6.45, 7) is 0.382. The molecule has 5 rings (SSSR count). The topological polar surface area (TPSA) is 21.6 Å². The molecule has 38 heavy (non-hydrogen) atoms. The molecule has 5 radical (unpaired) electrons. The number of hydrogen-bond acceptors (Lipinski definition) is 2. The zero-order valence-electron chi connectivity index (χ0n) is 19.8. The zero-order chi connectivity index (χ0) is 26.9. The maximum absolute atomic E-state index is 13.2. The highest BCUT2D eigenvalue weighted by Gasteiger charge is 2.43. The summed E-state index contributed by atoms with van der Waals surface area (Å²) in [5.74, 6) is 1.11. The summed E-state index contributed by atoms with van der Waals surface area (Å²) in [7, 11) is -1.50. The first kappa shape index (κ1) is 26.7. The van der Waals surface area contributed by atoms with Gasteiger partial charge >= 0.3 is 12.4 Å². The summed E-state index contributed by atoms with van der Waals surface area (Å²) < 4.78 is 85.1. The van der Waals surface area contributed by atoms with E-state index in [0.29, 0.717) is 35.5 Å². The third-order valence-corrected chi connectivity index (χ3v) is 8.70. The Kier molecular flexibility index (Phi) is 7.54. The summed E-state index contributed by atoms with van der Waals surface area (Å²) in [5.41, 5.74) is 0.279. The van der Waals surface area contributed by atoms with Crippen LogP contribution in [0.4, 0.5) is 26.3 Å². The van der Waals surface area contributed by atoms with Crippen LogP contribution in [0.1, 0.15) is 16.7 Å². The number of aliphatic imine (C=N–C) groups is 1. The van der Waals surface area contributed by atoms with E-state index < -0.39 is 31.4 Å². The molecule has 1 atom stereocenters. The molecule has 1 aliphatic carbocycles. The molecule has 1 fully saturated rings.